The zero-order valence-corrected chi connectivity index (χ0v) is 16.8. The Balaban J connectivity index is 2.62. The van der Waals surface area contributed by atoms with Gasteiger partial charge in [-0.3, -0.25) is 0 Å². The predicted molar refractivity (Wildman–Crippen MR) is 108 cm³/mol. The molecule has 0 amide bonds. The van der Waals surface area contributed by atoms with E-state index >= 15 is 0 Å². The third-order valence-electron chi connectivity index (χ3n) is 4.98. The molecule has 0 atom stereocenters. The lowest BCUT2D eigenvalue weighted by atomic mass is 9.81. The minimum Gasteiger partial charge on any atom is -0.0587 e. The minimum absolute atomic E-state index is 0.551. The standard InChI is InChI=1S/C24H34/c1-15(2)19-9-11-20(12-10-19)21-13-22(16(3)4)24(18(7)8)23(14-21)17(5)6/h9-18H,1-8H3. The molecule has 0 unspecified atom stereocenters. The Morgan fingerprint density at radius 2 is 0.958 bits per heavy atom. The summed E-state index contributed by atoms with van der Waals surface area (Å²) >= 11 is 0. The van der Waals surface area contributed by atoms with E-state index in [-0.39, 0.29) is 0 Å². The van der Waals surface area contributed by atoms with E-state index in [0.29, 0.717) is 23.7 Å². The molecule has 0 aliphatic carbocycles. The molecule has 0 nitrogen and oxygen atoms in total. The van der Waals surface area contributed by atoms with Crippen LogP contribution in [0.25, 0.3) is 11.1 Å². The van der Waals surface area contributed by atoms with Crippen LogP contribution >= 0.6 is 0 Å². The number of hydrogen-bond acceptors (Lipinski definition) is 0. The molecule has 130 valence electrons. The van der Waals surface area contributed by atoms with E-state index in [2.05, 4.69) is 91.8 Å². The van der Waals surface area contributed by atoms with Crippen LogP contribution in [0.15, 0.2) is 36.4 Å². The van der Waals surface area contributed by atoms with Gasteiger partial charge in [0.15, 0.2) is 0 Å². The van der Waals surface area contributed by atoms with E-state index in [1.54, 1.807) is 5.56 Å². The first-order valence-electron chi connectivity index (χ1n) is 9.50. The molecule has 0 heteroatoms. The first-order valence-corrected chi connectivity index (χ1v) is 9.50. The highest BCUT2D eigenvalue weighted by atomic mass is 14.2. The highest BCUT2D eigenvalue weighted by Gasteiger charge is 2.18. The second-order valence-electron chi connectivity index (χ2n) is 8.31. The Kier molecular flexibility index (Phi) is 5.91. The highest BCUT2D eigenvalue weighted by molar-refractivity contribution is 5.67. The Morgan fingerprint density at radius 1 is 0.500 bits per heavy atom. The molecule has 2 aromatic carbocycles. The monoisotopic (exact) mass is 322 g/mol. The lowest BCUT2D eigenvalue weighted by Crippen LogP contribution is -2.06. The third kappa shape index (κ3) is 3.91. The number of benzene rings is 2. The van der Waals surface area contributed by atoms with Gasteiger partial charge in [-0.1, -0.05) is 91.8 Å². The molecule has 0 saturated heterocycles. The van der Waals surface area contributed by atoms with Crippen molar-refractivity contribution in [3.63, 3.8) is 0 Å². The fourth-order valence-electron chi connectivity index (χ4n) is 3.55. The average molecular weight is 323 g/mol. The quantitative estimate of drug-likeness (QED) is 0.525. The Bertz CT molecular complexity index is 641. The second kappa shape index (κ2) is 7.55. The van der Waals surface area contributed by atoms with Crippen molar-refractivity contribution in [2.24, 2.45) is 0 Å². The largest absolute Gasteiger partial charge is 0.0587 e. The predicted octanol–water partition coefficient (Wildman–Crippen LogP) is 7.85. The molecule has 0 spiro atoms. The average Bonchev–Trinajstić information content (AvgIpc) is 2.53. The van der Waals surface area contributed by atoms with E-state index in [1.165, 1.54) is 27.8 Å². The lowest BCUT2D eigenvalue weighted by Gasteiger charge is -2.24. The molecule has 2 rings (SSSR count). The van der Waals surface area contributed by atoms with Crippen molar-refractivity contribution in [2.75, 3.05) is 0 Å². The number of rotatable bonds is 5. The first kappa shape index (κ1) is 18.8. The van der Waals surface area contributed by atoms with Gasteiger partial charge in [-0.15, -0.1) is 0 Å². The van der Waals surface area contributed by atoms with Crippen LogP contribution in [0.3, 0.4) is 0 Å². The maximum atomic E-state index is 2.43. The van der Waals surface area contributed by atoms with E-state index in [4.69, 9.17) is 0 Å². The molecule has 0 fully saturated rings. The van der Waals surface area contributed by atoms with Crippen molar-refractivity contribution >= 4 is 0 Å². The molecule has 0 radical (unpaired) electrons. The zero-order valence-electron chi connectivity index (χ0n) is 16.8. The van der Waals surface area contributed by atoms with Gasteiger partial charge in [-0.25, -0.2) is 0 Å². The molecule has 0 saturated carbocycles. The van der Waals surface area contributed by atoms with Crippen LogP contribution in [0.1, 0.15) is 101 Å². The molecule has 0 aromatic heterocycles. The van der Waals surface area contributed by atoms with Gasteiger partial charge in [-0.2, -0.15) is 0 Å². The Hall–Kier alpha value is -1.56. The molecule has 24 heavy (non-hydrogen) atoms. The molecular weight excluding hydrogens is 288 g/mol. The van der Waals surface area contributed by atoms with Crippen molar-refractivity contribution in [1.82, 2.24) is 0 Å². The Labute approximate surface area is 149 Å². The maximum Gasteiger partial charge on any atom is -0.0178 e. The SMILES string of the molecule is CC(C)c1ccc(-c2cc(C(C)C)c(C(C)C)c(C(C)C)c2)cc1. The summed E-state index contributed by atoms with van der Waals surface area (Å²) in [4.78, 5) is 0. The van der Waals surface area contributed by atoms with Crippen molar-refractivity contribution in [3.8, 4) is 11.1 Å². The van der Waals surface area contributed by atoms with Crippen LogP contribution in [0.5, 0.6) is 0 Å². The van der Waals surface area contributed by atoms with Crippen molar-refractivity contribution < 1.29 is 0 Å². The van der Waals surface area contributed by atoms with Crippen LogP contribution in [0.4, 0.5) is 0 Å². The van der Waals surface area contributed by atoms with Gasteiger partial charge in [0.1, 0.15) is 0 Å². The summed E-state index contributed by atoms with van der Waals surface area (Å²) < 4.78 is 0. The topological polar surface area (TPSA) is 0 Å². The summed E-state index contributed by atoms with van der Waals surface area (Å²) in [5, 5.41) is 0. The van der Waals surface area contributed by atoms with E-state index in [0.717, 1.165) is 0 Å². The summed E-state index contributed by atoms with van der Waals surface area (Å²) in [7, 11) is 0. The molecule has 0 N–H and O–H groups in total. The lowest BCUT2D eigenvalue weighted by molar-refractivity contribution is 0.749. The van der Waals surface area contributed by atoms with Crippen LogP contribution < -0.4 is 0 Å². The fourth-order valence-corrected chi connectivity index (χ4v) is 3.55. The number of hydrogen-bond donors (Lipinski definition) is 0. The summed E-state index contributed by atoms with van der Waals surface area (Å²) in [5.41, 5.74) is 8.69. The minimum atomic E-state index is 0.551. The van der Waals surface area contributed by atoms with Crippen LogP contribution in [0.2, 0.25) is 0 Å². The summed E-state index contributed by atoms with van der Waals surface area (Å²) in [6.45, 7) is 18.4. The fraction of sp³-hybridized carbons (Fsp3) is 0.500. The Morgan fingerprint density at radius 3 is 1.29 bits per heavy atom. The molecule has 2 aromatic rings. The van der Waals surface area contributed by atoms with Crippen molar-refractivity contribution in [1.29, 1.82) is 0 Å². The summed E-state index contributed by atoms with van der Waals surface area (Å²) in [6, 6.07) is 14.0. The normalized spacial score (nSPS) is 12.0. The van der Waals surface area contributed by atoms with E-state index in [9.17, 15) is 0 Å². The highest BCUT2D eigenvalue weighted by Crippen LogP contribution is 2.37. The molecule has 0 aliphatic rings. The van der Waals surface area contributed by atoms with Gasteiger partial charge in [-0.05, 0) is 57.1 Å². The summed E-state index contributed by atoms with van der Waals surface area (Å²) in [5.74, 6) is 2.25. The van der Waals surface area contributed by atoms with Crippen LogP contribution in [-0.2, 0) is 0 Å². The summed E-state index contributed by atoms with van der Waals surface area (Å²) in [6.07, 6.45) is 0. The van der Waals surface area contributed by atoms with Gasteiger partial charge < -0.3 is 0 Å². The zero-order chi connectivity index (χ0) is 18.0. The van der Waals surface area contributed by atoms with Crippen LogP contribution in [0, 0.1) is 0 Å². The van der Waals surface area contributed by atoms with E-state index in [1.807, 2.05) is 0 Å². The first-order chi connectivity index (χ1) is 11.2. The maximum absolute atomic E-state index is 2.43. The molecule has 0 aliphatic heterocycles. The van der Waals surface area contributed by atoms with Crippen LogP contribution in [-0.4, -0.2) is 0 Å². The van der Waals surface area contributed by atoms with Gasteiger partial charge in [0.2, 0.25) is 0 Å². The van der Waals surface area contributed by atoms with Crippen molar-refractivity contribution in [2.45, 2.75) is 79.1 Å². The second-order valence-corrected chi connectivity index (χ2v) is 8.31. The molecule has 0 heterocycles. The molecule has 0 bridgehead atoms. The van der Waals surface area contributed by atoms with Gasteiger partial charge >= 0.3 is 0 Å². The van der Waals surface area contributed by atoms with Gasteiger partial charge in [0, 0.05) is 0 Å². The van der Waals surface area contributed by atoms with Gasteiger partial charge in [0.05, 0.1) is 0 Å². The van der Waals surface area contributed by atoms with E-state index < -0.39 is 0 Å². The van der Waals surface area contributed by atoms with Gasteiger partial charge in [0.25, 0.3) is 0 Å². The smallest absolute Gasteiger partial charge is 0.0178 e. The molecular formula is C24H34. The third-order valence-corrected chi connectivity index (χ3v) is 4.98. The van der Waals surface area contributed by atoms with Crippen molar-refractivity contribution in [3.05, 3.63) is 58.7 Å².